The Morgan fingerprint density at radius 3 is 2.67 bits per heavy atom. The summed E-state index contributed by atoms with van der Waals surface area (Å²) in [5.41, 5.74) is 0.602. The summed E-state index contributed by atoms with van der Waals surface area (Å²) in [6.45, 7) is 1.60. The topological polar surface area (TPSA) is 72.4 Å². The summed E-state index contributed by atoms with van der Waals surface area (Å²) in [7, 11) is 1.11. The van der Waals surface area contributed by atoms with E-state index in [4.69, 9.17) is 0 Å². The Kier molecular flexibility index (Phi) is 5.97. The van der Waals surface area contributed by atoms with E-state index in [0.29, 0.717) is 5.69 Å². The number of halogens is 2. The predicted molar refractivity (Wildman–Crippen MR) is 87.1 cm³/mol. The second kappa shape index (κ2) is 7.96. The maximum absolute atomic E-state index is 14.0. The lowest BCUT2D eigenvalue weighted by atomic mass is 10.1. The van der Waals surface area contributed by atoms with Gasteiger partial charge in [-0.05, 0) is 47.1 Å². The molecule has 0 aliphatic rings. The molecule has 0 aliphatic carbocycles. The second-order valence-electron chi connectivity index (χ2n) is 4.94. The lowest BCUT2D eigenvalue weighted by Crippen LogP contribution is -2.39. The van der Waals surface area contributed by atoms with E-state index in [-0.39, 0.29) is 12.2 Å². The molecule has 2 aromatic heterocycles. The third-order valence-electron chi connectivity index (χ3n) is 3.39. The fraction of sp³-hybridized carbons (Fsp3) is 0.250. The minimum Gasteiger partial charge on any atom is -0.462 e. The molecule has 0 N–H and O–H groups in total. The molecule has 0 bridgehead atoms. The van der Waals surface area contributed by atoms with Crippen molar-refractivity contribution in [2.45, 2.75) is 19.5 Å². The Morgan fingerprint density at radius 1 is 1.33 bits per heavy atom. The molecular weight excluding hydrogens is 381 g/mol. The first-order valence-electron chi connectivity index (χ1n) is 7.03. The van der Waals surface area contributed by atoms with Gasteiger partial charge in [-0.15, -0.1) is 0 Å². The van der Waals surface area contributed by atoms with Crippen molar-refractivity contribution in [3.05, 3.63) is 58.3 Å². The molecule has 1 unspecified atom stereocenters. The summed E-state index contributed by atoms with van der Waals surface area (Å²) in [5, 5.41) is 0. The molecule has 6 nitrogen and oxygen atoms in total. The molecule has 2 aromatic rings. The summed E-state index contributed by atoms with van der Waals surface area (Å²) >= 11 is 3.27. The fourth-order valence-electron chi connectivity index (χ4n) is 2.12. The number of nitrogens with zero attached hydrogens (tertiary/aromatic N) is 3. The van der Waals surface area contributed by atoms with E-state index < -0.39 is 23.7 Å². The van der Waals surface area contributed by atoms with E-state index in [1.54, 1.807) is 25.3 Å². The lowest BCUT2D eigenvalue weighted by Gasteiger charge is -2.27. The molecule has 8 heteroatoms. The summed E-state index contributed by atoms with van der Waals surface area (Å²) in [4.78, 5) is 33.3. The molecule has 126 valence electrons. The van der Waals surface area contributed by atoms with E-state index in [2.05, 4.69) is 30.6 Å². The first-order chi connectivity index (χ1) is 11.4. The minimum atomic E-state index is -1.03. The van der Waals surface area contributed by atoms with Crippen LogP contribution in [0.4, 0.5) is 4.39 Å². The van der Waals surface area contributed by atoms with Crippen LogP contribution in [0.3, 0.4) is 0 Å². The van der Waals surface area contributed by atoms with Crippen LogP contribution >= 0.6 is 15.9 Å². The zero-order valence-electron chi connectivity index (χ0n) is 13.1. The normalized spacial score (nSPS) is 11.7. The van der Waals surface area contributed by atoms with Crippen molar-refractivity contribution in [3.63, 3.8) is 0 Å². The highest BCUT2D eigenvalue weighted by Gasteiger charge is 2.30. The average Bonchev–Trinajstić information content (AvgIpc) is 2.59. The van der Waals surface area contributed by atoms with Crippen molar-refractivity contribution < 1.29 is 18.7 Å². The van der Waals surface area contributed by atoms with Crippen molar-refractivity contribution in [1.82, 2.24) is 14.9 Å². The lowest BCUT2D eigenvalue weighted by molar-refractivity contribution is -0.159. The predicted octanol–water partition coefficient (Wildman–Crippen LogP) is 2.64. The Labute approximate surface area is 146 Å². The number of pyridine rings is 2. The molecule has 0 radical (unpaired) electrons. The van der Waals surface area contributed by atoms with Gasteiger partial charge in [0.25, 0.3) is 0 Å². The monoisotopic (exact) mass is 395 g/mol. The summed E-state index contributed by atoms with van der Waals surface area (Å²) in [6.07, 6.45) is 3.00. The van der Waals surface area contributed by atoms with Gasteiger partial charge in [-0.1, -0.05) is 0 Å². The van der Waals surface area contributed by atoms with Crippen molar-refractivity contribution in [1.29, 1.82) is 0 Å². The minimum absolute atomic E-state index is 0.0123. The van der Waals surface area contributed by atoms with E-state index in [0.717, 1.165) is 11.6 Å². The standard InChI is InChI=1S/C16H15BrFN3O3/c1-10(14-13(18)4-3-7-19-14)21(15(22)16(23)24-2)9-12-6-5-11(17)8-20-12/h3-8,10H,9H2,1-2H3. The summed E-state index contributed by atoms with van der Waals surface area (Å²) in [5.74, 6) is -2.48. The molecule has 1 atom stereocenters. The van der Waals surface area contributed by atoms with Gasteiger partial charge < -0.3 is 9.64 Å². The average molecular weight is 396 g/mol. The highest BCUT2D eigenvalue weighted by molar-refractivity contribution is 9.10. The van der Waals surface area contributed by atoms with Crippen molar-refractivity contribution in [3.8, 4) is 0 Å². The second-order valence-corrected chi connectivity index (χ2v) is 5.85. The molecule has 2 heterocycles. The molecule has 0 saturated carbocycles. The van der Waals surface area contributed by atoms with Crippen LogP contribution in [-0.4, -0.2) is 33.9 Å². The quantitative estimate of drug-likeness (QED) is 0.587. The number of carbonyl (C=O) groups excluding carboxylic acids is 2. The van der Waals surface area contributed by atoms with Crippen LogP contribution in [-0.2, 0) is 20.9 Å². The van der Waals surface area contributed by atoms with Crippen LogP contribution in [0.5, 0.6) is 0 Å². The smallest absolute Gasteiger partial charge is 0.396 e. The van der Waals surface area contributed by atoms with Gasteiger partial charge in [-0.2, -0.15) is 0 Å². The molecular formula is C16H15BrFN3O3. The van der Waals surface area contributed by atoms with E-state index in [9.17, 15) is 14.0 Å². The Balaban J connectivity index is 2.35. The largest absolute Gasteiger partial charge is 0.462 e. The number of amides is 1. The zero-order valence-corrected chi connectivity index (χ0v) is 14.7. The number of esters is 1. The third-order valence-corrected chi connectivity index (χ3v) is 3.86. The number of carbonyl (C=O) groups is 2. The van der Waals surface area contributed by atoms with E-state index in [1.165, 1.54) is 23.2 Å². The Morgan fingerprint density at radius 2 is 2.08 bits per heavy atom. The van der Waals surface area contributed by atoms with Gasteiger partial charge in [0.2, 0.25) is 0 Å². The summed E-state index contributed by atoms with van der Waals surface area (Å²) < 4.78 is 19.3. The first-order valence-corrected chi connectivity index (χ1v) is 7.83. The maximum Gasteiger partial charge on any atom is 0.396 e. The molecule has 0 saturated heterocycles. The van der Waals surface area contributed by atoms with Crippen molar-refractivity contribution in [2.75, 3.05) is 7.11 Å². The van der Waals surface area contributed by atoms with Gasteiger partial charge in [0.15, 0.2) is 0 Å². The Hall–Kier alpha value is -2.35. The van der Waals surface area contributed by atoms with Crippen LogP contribution in [0.25, 0.3) is 0 Å². The number of ether oxygens (including phenoxy) is 1. The maximum atomic E-state index is 14.0. The number of hydrogen-bond acceptors (Lipinski definition) is 5. The SMILES string of the molecule is COC(=O)C(=O)N(Cc1ccc(Br)cn1)C(C)c1ncccc1F. The fourth-order valence-corrected chi connectivity index (χ4v) is 2.35. The molecule has 24 heavy (non-hydrogen) atoms. The van der Waals surface area contributed by atoms with Gasteiger partial charge >= 0.3 is 11.9 Å². The third kappa shape index (κ3) is 4.14. The molecule has 0 spiro atoms. The molecule has 0 fully saturated rings. The van der Waals surface area contributed by atoms with Crippen LogP contribution in [0.2, 0.25) is 0 Å². The van der Waals surface area contributed by atoms with E-state index in [1.807, 2.05) is 0 Å². The molecule has 0 aliphatic heterocycles. The van der Waals surface area contributed by atoms with E-state index >= 15 is 0 Å². The molecule has 0 aromatic carbocycles. The number of aromatic nitrogens is 2. The van der Waals surface area contributed by atoms with Crippen LogP contribution in [0.15, 0.2) is 41.1 Å². The van der Waals surface area contributed by atoms with Gasteiger partial charge in [0, 0.05) is 16.9 Å². The Bertz CT molecular complexity index is 740. The van der Waals surface area contributed by atoms with Crippen LogP contribution in [0.1, 0.15) is 24.4 Å². The van der Waals surface area contributed by atoms with Gasteiger partial charge in [0.05, 0.1) is 31.1 Å². The van der Waals surface area contributed by atoms with Crippen molar-refractivity contribution >= 4 is 27.8 Å². The van der Waals surface area contributed by atoms with Gasteiger partial charge in [-0.25, -0.2) is 9.18 Å². The highest BCUT2D eigenvalue weighted by Crippen LogP contribution is 2.23. The van der Waals surface area contributed by atoms with Crippen LogP contribution in [0, 0.1) is 5.82 Å². The van der Waals surface area contributed by atoms with Crippen LogP contribution < -0.4 is 0 Å². The molecule has 1 amide bonds. The summed E-state index contributed by atoms with van der Waals surface area (Å²) in [6, 6.07) is 5.38. The highest BCUT2D eigenvalue weighted by atomic mass is 79.9. The van der Waals surface area contributed by atoms with Crippen molar-refractivity contribution in [2.24, 2.45) is 0 Å². The zero-order chi connectivity index (χ0) is 17.7. The first kappa shape index (κ1) is 18.0. The number of rotatable bonds is 4. The van der Waals surface area contributed by atoms with Gasteiger partial charge in [-0.3, -0.25) is 14.8 Å². The number of methoxy groups -OCH3 is 1. The van der Waals surface area contributed by atoms with Gasteiger partial charge in [0.1, 0.15) is 5.82 Å². The number of hydrogen-bond donors (Lipinski definition) is 0. The molecule has 2 rings (SSSR count).